The van der Waals surface area contributed by atoms with Crippen LogP contribution in [0.5, 0.6) is 0 Å². The molecule has 1 aliphatic rings. The monoisotopic (exact) mass is 225 g/mol. The molecule has 0 radical (unpaired) electrons. The van der Waals surface area contributed by atoms with Crippen LogP contribution in [0, 0.1) is 0 Å². The van der Waals surface area contributed by atoms with Gasteiger partial charge in [0.2, 0.25) is 0 Å². The summed E-state index contributed by atoms with van der Waals surface area (Å²) in [6.07, 6.45) is 6.10. The Hall–Kier alpha value is -0.610. The predicted molar refractivity (Wildman–Crippen MR) is 65.5 cm³/mol. The fraction of sp³-hybridized carbons (Fsp3) is 0.727. The van der Waals surface area contributed by atoms with Gasteiger partial charge in [0, 0.05) is 24.2 Å². The van der Waals surface area contributed by atoms with Crippen LogP contribution >= 0.6 is 11.3 Å². The second-order valence-corrected chi connectivity index (χ2v) is 5.15. The molecule has 84 valence electrons. The number of hydrogen-bond donors (Lipinski definition) is 1. The summed E-state index contributed by atoms with van der Waals surface area (Å²) in [6.45, 7) is 4.78. The highest BCUT2D eigenvalue weighted by atomic mass is 32.1. The largest absolute Gasteiger partial charge is 0.365 e. The SMILES string of the molecule is CNc1ncc(C(C)N2CCCCC2)s1. The molecule has 2 rings (SSSR count). The lowest BCUT2D eigenvalue weighted by atomic mass is 10.1. The summed E-state index contributed by atoms with van der Waals surface area (Å²) in [4.78, 5) is 8.27. The Morgan fingerprint density at radius 1 is 1.40 bits per heavy atom. The summed E-state index contributed by atoms with van der Waals surface area (Å²) in [5, 5.41) is 4.12. The number of anilines is 1. The number of rotatable bonds is 3. The van der Waals surface area contributed by atoms with Gasteiger partial charge < -0.3 is 5.32 Å². The molecule has 1 atom stereocenters. The molecule has 1 fully saturated rings. The number of aromatic nitrogens is 1. The molecule has 1 aromatic heterocycles. The molecular weight excluding hydrogens is 206 g/mol. The Balaban J connectivity index is 2.02. The quantitative estimate of drug-likeness (QED) is 0.857. The highest BCUT2D eigenvalue weighted by molar-refractivity contribution is 7.15. The standard InChI is InChI=1S/C11H19N3S/c1-9(14-6-4-3-5-7-14)10-8-13-11(12-2)15-10/h8-9H,3-7H2,1-2H3,(H,12,13). The predicted octanol–water partition coefficient (Wildman–Crippen LogP) is 2.73. The van der Waals surface area contributed by atoms with E-state index >= 15 is 0 Å². The Kier molecular flexibility index (Phi) is 3.59. The van der Waals surface area contributed by atoms with E-state index < -0.39 is 0 Å². The zero-order chi connectivity index (χ0) is 10.7. The van der Waals surface area contributed by atoms with Crippen molar-refractivity contribution in [2.75, 3.05) is 25.5 Å². The smallest absolute Gasteiger partial charge is 0.182 e. The lowest BCUT2D eigenvalue weighted by molar-refractivity contribution is 0.177. The van der Waals surface area contributed by atoms with Crippen molar-refractivity contribution >= 4 is 16.5 Å². The van der Waals surface area contributed by atoms with Crippen LogP contribution in [-0.4, -0.2) is 30.0 Å². The van der Waals surface area contributed by atoms with Gasteiger partial charge in [0.15, 0.2) is 5.13 Å². The van der Waals surface area contributed by atoms with Crippen LogP contribution < -0.4 is 5.32 Å². The van der Waals surface area contributed by atoms with Crippen molar-refractivity contribution in [1.82, 2.24) is 9.88 Å². The molecule has 1 aliphatic heterocycles. The molecule has 3 nitrogen and oxygen atoms in total. The first kappa shape index (κ1) is 10.9. The van der Waals surface area contributed by atoms with Gasteiger partial charge >= 0.3 is 0 Å². The normalized spacial score (nSPS) is 20.1. The molecule has 1 saturated heterocycles. The summed E-state index contributed by atoms with van der Waals surface area (Å²) >= 11 is 1.77. The number of hydrogen-bond acceptors (Lipinski definition) is 4. The summed E-state index contributed by atoms with van der Waals surface area (Å²) in [5.41, 5.74) is 0. The van der Waals surface area contributed by atoms with Gasteiger partial charge in [0.05, 0.1) is 0 Å². The van der Waals surface area contributed by atoms with Gasteiger partial charge in [0.25, 0.3) is 0 Å². The van der Waals surface area contributed by atoms with Crippen LogP contribution in [0.15, 0.2) is 6.20 Å². The molecule has 1 N–H and O–H groups in total. The molecule has 1 aromatic rings. The maximum Gasteiger partial charge on any atom is 0.182 e. The molecular formula is C11H19N3S. The van der Waals surface area contributed by atoms with E-state index in [4.69, 9.17) is 0 Å². The number of likely N-dealkylation sites (tertiary alicyclic amines) is 1. The zero-order valence-corrected chi connectivity index (χ0v) is 10.3. The first-order chi connectivity index (χ1) is 7.31. The molecule has 15 heavy (non-hydrogen) atoms. The zero-order valence-electron chi connectivity index (χ0n) is 9.49. The third-order valence-electron chi connectivity index (χ3n) is 3.09. The van der Waals surface area contributed by atoms with E-state index in [0.29, 0.717) is 6.04 Å². The summed E-state index contributed by atoms with van der Waals surface area (Å²) < 4.78 is 0. The Morgan fingerprint density at radius 2 is 2.13 bits per heavy atom. The van der Waals surface area contributed by atoms with Gasteiger partial charge in [-0.3, -0.25) is 4.90 Å². The Morgan fingerprint density at radius 3 is 2.73 bits per heavy atom. The minimum absolute atomic E-state index is 0.532. The van der Waals surface area contributed by atoms with Crippen LogP contribution in [0.1, 0.15) is 37.1 Å². The number of thiazole rings is 1. The molecule has 0 aromatic carbocycles. The molecule has 4 heteroatoms. The molecule has 0 spiro atoms. The summed E-state index contributed by atoms with van der Waals surface area (Å²) in [6, 6.07) is 0.532. The van der Waals surface area contributed by atoms with Gasteiger partial charge in [-0.15, -0.1) is 11.3 Å². The third kappa shape index (κ3) is 2.49. The fourth-order valence-electron chi connectivity index (χ4n) is 2.08. The van der Waals surface area contributed by atoms with E-state index in [1.807, 2.05) is 13.2 Å². The lowest BCUT2D eigenvalue weighted by Gasteiger charge is -2.31. The van der Waals surface area contributed by atoms with Gasteiger partial charge in [0.1, 0.15) is 0 Å². The minimum atomic E-state index is 0.532. The topological polar surface area (TPSA) is 28.2 Å². The third-order valence-corrected chi connectivity index (χ3v) is 4.27. The number of piperidine rings is 1. The van der Waals surface area contributed by atoms with Crippen molar-refractivity contribution in [2.24, 2.45) is 0 Å². The average molecular weight is 225 g/mol. The van der Waals surface area contributed by atoms with E-state index in [1.54, 1.807) is 11.3 Å². The van der Waals surface area contributed by atoms with Crippen LogP contribution in [0.2, 0.25) is 0 Å². The second kappa shape index (κ2) is 4.94. The van der Waals surface area contributed by atoms with Crippen molar-refractivity contribution in [2.45, 2.75) is 32.2 Å². The maximum absolute atomic E-state index is 4.33. The van der Waals surface area contributed by atoms with Crippen LogP contribution in [0.4, 0.5) is 5.13 Å². The van der Waals surface area contributed by atoms with E-state index in [1.165, 1.54) is 37.2 Å². The van der Waals surface area contributed by atoms with Gasteiger partial charge in [-0.25, -0.2) is 4.98 Å². The molecule has 1 unspecified atom stereocenters. The second-order valence-electron chi connectivity index (χ2n) is 4.09. The van der Waals surface area contributed by atoms with Crippen molar-refractivity contribution in [3.05, 3.63) is 11.1 Å². The molecule has 0 amide bonds. The molecule has 2 heterocycles. The van der Waals surface area contributed by atoms with Crippen molar-refractivity contribution in [3.8, 4) is 0 Å². The van der Waals surface area contributed by atoms with Crippen molar-refractivity contribution in [1.29, 1.82) is 0 Å². The van der Waals surface area contributed by atoms with Crippen molar-refractivity contribution in [3.63, 3.8) is 0 Å². The summed E-state index contributed by atoms with van der Waals surface area (Å²) in [5.74, 6) is 0. The fourth-order valence-corrected chi connectivity index (χ4v) is 2.94. The van der Waals surface area contributed by atoms with E-state index in [2.05, 4.69) is 22.1 Å². The average Bonchev–Trinajstić information content (AvgIpc) is 2.78. The molecule has 0 saturated carbocycles. The first-order valence-electron chi connectivity index (χ1n) is 5.69. The van der Waals surface area contributed by atoms with Gasteiger partial charge in [-0.05, 0) is 32.9 Å². The Bertz CT molecular complexity index is 305. The van der Waals surface area contributed by atoms with Crippen molar-refractivity contribution < 1.29 is 0 Å². The summed E-state index contributed by atoms with van der Waals surface area (Å²) in [7, 11) is 1.92. The number of nitrogens with one attached hydrogen (secondary N) is 1. The first-order valence-corrected chi connectivity index (χ1v) is 6.50. The van der Waals surface area contributed by atoms with E-state index in [9.17, 15) is 0 Å². The van der Waals surface area contributed by atoms with E-state index in [0.717, 1.165) is 5.13 Å². The maximum atomic E-state index is 4.33. The highest BCUT2D eigenvalue weighted by Gasteiger charge is 2.19. The Labute approximate surface area is 95.5 Å². The highest BCUT2D eigenvalue weighted by Crippen LogP contribution is 2.29. The molecule has 0 aliphatic carbocycles. The van der Waals surface area contributed by atoms with Crippen LogP contribution in [0.3, 0.4) is 0 Å². The lowest BCUT2D eigenvalue weighted by Crippen LogP contribution is -2.31. The minimum Gasteiger partial charge on any atom is -0.365 e. The van der Waals surface area contributed by atoms with Gasteiger partial charge in [-0.1, -0.05) is 6.42 Å². The van der Waals surface area contributed by atoms with Gasteiger partial charge in [-0.2, -0.15) is 0 Å². The molecule has 0 bridgehead atoms. The van der Waals surface area contributed by atoms with Crippen LogP contribution in [0.25, 0.3) is 0 Å². The van der Waals surface area contributed by atoms with E-state index in [-0.39, 0.29) is 0 Å². The number of nitrogens with zero attached hydrogens (tertiary/aromatic N) is 2. The van der Waals surface area contributed by atoms with Crippen LogP contribution in [-0.2, 0) is 0 Å².